The van der Waals surface area contributed by atoms with Gasteiger partial charge in [-0.15, -0.1) is 0 Å². The highest BCUT2D eigenvalue weighted by Crippen LogP contribution is 2.38. The van der Waals surface area contributed by atoms with Gasteiger partial charge in [-0.1, -0.05) is 292 Å². The third kappa shape index (κ3) is 66.3. The second-order valence-corrected chi connectivity index (χ2v) is 25.6. The van der Waals surface area contributed by atoms with Crippen LogP contribution in [0.15, 0.2) is 85.1 Å². The molecule has 0 aromatic carbocycles. The zero-order valence-corrected chi connectivity index (χ0v) is 55.1. The molecule has 0 amide bonds. The van der Waals surface area contributed by atoms with Crippen molar-refractivity contribution in [3.8, 4) is 0 Å². The molecule has 9 nitrogen and oxygen atoms in total. The van der Waals surface area contributed by atoms with Gasteiger partial charge in [0.2, 0.25) is 0 Å². The van der Waals surface area contributed by atoms with E-state index in [-0.39, 0.29) is 32.0 Å². The Bertz CT molecular complexity index is 1660. The van der Waals surface area contributed by atoms with E-state index >= 15 is 0 Å². The van der Waals surface area contributed by atoms with Crippen molar-refractivity contribution in [3.63, 3.8) is 0 Å². The van der Waals surface area contributed by atoms with Crippen LogP contribution in [0.2, 0.25) is 0 Å². The first-order valence-electron chi connectivity index (χ1n) is 34.3. The summed E-state index contributed by atoms with van der Waals surface area (Å²) in [5.74, 6) is -0.825. The number of carbonyl (C=O) groups is 2. The number of rotatable bonds is 63. The molecule has 2 unspecified atom stereocenters. The average Bonchev–Trinajstić information content (AvgIpc) is 3.45. The number of nitrogens with zero attached hydrogens (tertiary/aromatic N) is 1. The summed E-state index contributed by atoms with van der Waals surface area (Å²) < 4.78 is 34.3. The molecule has 0 saturated heterocycles. The molecule has 0 aliphatic heterocycles. The largest absolute Gasteiger partial charge is 0.756 e. The summed E-state index contributed by atoms with van der Waals surface area (Å²) in [6.07, 6.45) is 85.1. The number of hydrogen-bond donors (Lipinski definition) is 0. The van der Waals surface area contributed by atoms with Gasteiger partial charge in [0.1, 0.15) is 19.8 Å². The number of ether oxygens (including phenoxy) is 2. The molecule has 0 heterocycles. The van der Waals surface area contributed by atoms with Gasteiger partial charge in [0.15, 0.2) is 6.10 Å². The van der Waals surface area contributed by atoms with E-state index in [2.05, 4.69) is 98.9 Å². The number of quaternary nitrogens is 1. The second-order valence-electron chi connectivity index (χ2n) is 24.2. The fourth-order valence-electron chi connectivity index (χ4n) is 9.66. The Hall–Kier alpha value is -2.81. The summed E-state index contributed by atoms with van der Waals surface area (Å²) in [4.78, 5) is 38.1. The summed E-state index contributed by atoms with van der Waals surface area (Å²) in [6, 6.07) is 0. The predicted molar refractivity (Wildman–Crippen MR) is 351 cm³/mol. The Balaban J connectivity index is 4.05. The van der Waals surface area contributed by atoms with Gasteiger partial charge in [-0.25, -0.2) is 0 Å². The summed E-state index contributed by atoms with van der Waals surface area (Å²) in [7, 11) is 1.17. The van der Waals surface area contributed by atoms with E-state index in [1.165, 1.54) is 199 Å². The number of carbonyl (C=O) groups excluding carboxylic acids is 2. The fourth-order valence-corrected chi connectivity index (χ4v) is 10.4. The van der Waals surface area contributed by atoms with Gasteiger partial charge >= 0.3 is 11.9 Å². The first kappa shape index (κ1) is 79.2. The molecule has 2 atom stereocenters. The Kier molecular flexibility index (Phi) is 60.6. The van der Waals surface area contributed by atoms with Crippen molar-refractivity contribution in [2.45, 2.75) is 315 Å². The molecule has 0 radical (unpaired) electrons. The first-order valence-corrected chi connectivity index (χ1v) is 35.8. The quantitative estimate of drug-likeness (QED) is 0.0195. The molecule has 10 heteroatoms. The van der Waals surface area contributed by atoms with Crippen molar-refractivity contribution in [2.75, 3.05) is 47.5 Å². The van der Waals surface area contributed by atoms with Crippen molar-refractivity contribution in [2.24, 2.45) is 0 Å². The molecule has 0 rings (SSSR count). The highest BCUT2D eigenvalue weighted by atomic mass is 31.2. The number of allylic oxidation sites excluding steroid dienone is 14. The zero-order chi connectivity index (χ0) is 59.8. The van der Waals surface area contributed by atoms with Gasteiger partial charge in [-0.2, -0.15) is 0 Å². The number of phosphoric ester groups is 1. The number of phosphoric acid groups is 1. The van der Waals surface area contributed by atoms with Crippen LogP contribution in [0.4, 0.5) is 0 Å². The molecule has 0 N–H and O–H groups in total. The lowest BCUT2D eigenvalue weighted by Crippen LogP contribution is -2.37. The SMILES string of the molecule is CC/C=C\C/C=C\C/C=C\C/C=C\C/C=C\CCCCCCCCCCCCCCCC(=O)OC(COC(=O)CCCCCCCCCCCCCCCCCCC/C=C\C/C=C\CCCCCCC)COP(=O)([O-])OCC[N+](C)(C)C. The first-order chi connectivity index (χ1) is 40.0. The minimum absolute atomic E-state index is 0.0325. The van der Waals surface area contributed by atoms with E-state index in [9.17, 15) is 19.0 Å². The topological polar surface area (TPSA) is 111 Å². The fraction of sp³-hybridized carbons (Fsp3) is 0.778. The maximum absolute atomic E-state index is 12.9. The molecule has 0 fully saturated rings. The van der Waals surface area contributed by atoms with E-state index in [0.29, 0.717) is 17.4 Å². The zero-order valence-electron chi connectivity index (χ0n) is 54.2. The smallest absolute Gasteiger partial charge is 0.306 e. The van der Waals surface area contributed by atoms with Crippen LogP contribution < -0.4 is 4.89 Å². The molecule has 0 aliphatic rings. The number of likely N-dealkylation sites (N-methyl/N-ethyl adjacent to an activating group) is 1. The Morgan fingerprint density at radius 3 is 1.04 bits per heavy atom. The molecule has 82 heavy (non-hydrogen) atoms. The molecule has 0 spiro atoms. The summed E-state index contributed by atoms with van der Waals surface area (Å²) in [5.41, 5.74) is 0. The lowest BCUT2D eigenvalue weighted by Gasteiger charge is -2.28. The van der Waals surface area contributed by atoms with E-state index < -0.39 is 26.5 Å². The molecule has 0 saturated carbocycles. The monoisotopic (exact) mass is 1170 g/mol. The molecular formula is C72H130NO8P. The van der Waals surface area contributed by atoms with Gasteiger partial charge in [-0.05, 0) is 89.9 Å². The van der Waals surface area contributed by atoms with Crippen LogP contribution in [0, 0.1) is 0 Å². The van der Waals surface area contributed by atoms with E-state index in [0.717, 1.165) is 77.0 Å². The van der Waals surface area contributed by atoms with Gasteiger partial charge < -0.3 is 27.9 Å². The van der Waals surface area contributed by atoms with Crippen molar-refractivity contribution >= 4 is 19.8 Å². The van der Waals surface area contributed by atoms with Crippen molar-refractivity contribution < 1.29 is 42.1 Å². The molecule has 0 aliphatic carbocycles. The van der Waals surface area contributed by atoms with Crippen LogP contribution in [0.3, 0.4) is 0 Å². The van der Waals surface area contributed by atoms with Crippen molar-refractivity contribution in [1.82, 2.24) is 0 Å². The lowest BCUT2D eigenvalue weighted by molar-refractivity contribution is -0.870. The van der Waals surface area contributed by atoms with Gasteiger partial charge in [0.05, 0.1) is 27.7 Å². The highest BCUT2D eigenvalue weighted by molar-refractivity contribution is 7.45. The Morgan fingerprint density at radius 1 is 0.390 bits per heavy atom. The Labute approximate surface area is 507 Å². The molecular weight excluding hydrogens is 1040 g/mol. The van der Waals surface area contributed by atoms with Crippen LogP contribution in [0.1, 0.15) is 309 Å². The summed E-state index contributed by atoms with van der Waals surface area (Å²) in [6.45, 7) is 4.15. The lowest BCUT2D eigenvalue weighted by atomic mass is 10.0. The maximum atomic E-state index is 12.9. The molecule has 0 bridgehead atoms. The van der Waals surface area contributed by atoms with Gasteiger partial charge in [-0.3, -0.25) is 14.2 Å². The maximum Gasteiger partial charge on any atom is 0.306 e. The van der Waals surface area contributed by atoms with E-state index in [1.54, 1.807) is 0 Å². The second kappa shape index (κ2) is 62.7. The van der Waals surface area contributed by atoms with Gasteiger partial charge in [0, 0.05) is 12.8 Å². The third-order valence-corrected chi connectivity index (χ3v) is 15.9. The van der Waals surface area contributed by atoms with Crippen LogP contribution >= 0.6 is 7.82 Å². The summed E-state index contributed by atoms with van der Waals surface area (Å²) >= 11 is 0. The number of esters is 2. The third-order valence-electron chi connectivity index (χ3n) is 14.9. The number of unbranched alkanes of at least 4 members (excludes halogenated alkanes) is 35. The van der Waals surface area contributed by atoms with E-state index in [1.807, 2.05) is 21.1 Å². The summed E-state index contributed by atoms with van der Waals surface area (Å²) in [5, 5.41) is 0. The average molecular weight is 1170 g/mol. The van der Waals surface area contributed by atoms with Crippen LogP contribution in [-0.4, -0.2) is 70.0 Å². The normalized spacial score (nSPS) is 13.7. The van der Waals surface area contributed by atoms with Crippen molar-refractivity contribution in [3.05, 3.63) is 85.1 Å². The van der Waals surface area contributed by atoms with E-state index in [4.69, 9.17) is 18.5 Å². The molecule has 476 valence electrons. The Morgan fingerprint density at radius 2 is 0.695 bits per heavy atom. The predicted octanol–water partition coefficient (Wildman–Crippen LogP) is 21.5. The van der Waals surface area contributed by atoms with Crippen LogP contribution in [0.25, 0.3) is 0 Å². The molecule has 0 aromatic heterocycles. The van der Waals surface area contributed by atoms with Crippen molar-refractivity contribution in [1.29, 1.82) is 0 Å². The van der Waals surface area contributed by atoms with Crippen LogP contribution in [-0.2, 0) is 32.7 Å². The van der Waals surface area contributed by atoms with Crippen LogP contribution in [0.5, 0.6) is 0 Å². The minimum Gasteiger partial charge on any atom is -0.756 e. The molecule has 0 aromatic rings. The number of hydrogen-bond acceptors (Lipinski definition) is 8. The van der Waals surface area contributed by atoms with Gasteiger partial charge in [0.25, 0.3) is 7.82 Å². The standard InChI is InChI=1S/C72H130NO8P/c1-6-8-10-12-14-16-18-20-22-24-26-28-30-32-34-36-38-40-42-44-46-48-50-52-54-56-58-60-62-64-71(74)78-68-70(69-80-82(76,77)79-67-66-73(3,4)5)81-72(75)65-63-61-59-57-55-53-51-49-47-45-43-41-39-37-35-33-31-29-27-25-23-21-19-17-15-13-11-9-7-2/h9,11,15,17-18,20-21,23-24,26-27,29,33,35,70H,6-8,10,12-14,16,19,22,25,28,30-32,34,36-69H2,1-5H3/b11-9-,17-15-,20-18-,23-21-,26-24-,29-27-,35-33-. The minimum atomic E-state index is -4.64. The highest BCUT2D eigenvalue weighted by Gasteiger charge is 2.22.